The predicted octanol–water partition coefficient (Wildman–Crippen LogP) is 0.230. The van der Waals surface area contributed by atoms with Crippen LogP contribution in [0.25, 0.3) is 0 Å². The summed E-state index contributed by atoms with van der Waals surface area (Å²) in [4.78, 5) is 2.27. The molecule has 0 aliphatic carbocycles. The lowest BCUT2D eigenvalue weighted by Gasteiger charge is -2.08. The van der Waals surface area contributed by atoms with Crippen molar-refractivity contribution < 1.29 is 13.2 Å². The zero-order chi connectivity index (χ0) is 12.8. The fraction of sp³-hybridized carbons (Fsp3) is 0.200. The number of benzene rings is 1. The molecule has 1 N–H and O–H groups in total. The molecule has 0 saturated heterocycles. The second-order valence-electron chi connectivity index (χ2n) is 3.44. The molecule has 2 rings (SSSR count). The first-order chi connectivity index (χ1) is 8.66. The molecule has 0 saturated carbocycles. The quantitative estimate of drug-likeness (QED) is 0.810. The number of para-hydroxylation sites is 1. The van der Waals surface area contributed by atoms with Crippen molar-refractivity contribution in [3.05, 3.63) is 43.0 Å². The van der Waals surface area contributed by atoms with E-state index in [1.807, 2.05) is 18.2 Å². The van der Waals surface area contributed by atoms with Crippen LogP contribution in [0.15, 0.2) is 43.0 Å². The molecule has 0 aliphatic rings. The topological polar surface area (TPSA) is 86.1 Å². The first kappa shape index (κ1) is 12.4. The summed E-state index contributed by atoms with van der Waals surface area (Å²) in [6, 6.07) is 9.02. The third-order valence-corrected chi connectivity index (χ3v) is 3.22. The van der Waals surface area contributed by atoms with E-state index in [1.54, 1.807) is 12.1 Å². The molecule has 96 valence electrons. The van der Waals surface area contributed by atoms with Crippen LogP contribution in [0.2, 0.25) is 0 Å². The highest BCUT2D eigenvalue weighted by atomic mass is 32.2. The minimum absolute atomic E-state index is 0.0709. The molecule has 0 amide bonds. The van der Waals surface area contributed by atoms with Gasteiger partial charge in [0.15, 0.2) is 0 Å². The zero-order valence-electron chi connectivity index (χ0n) is 9.43. The fourth-order valence-electron chi connectivity index (χ4n) is 1.24. The first-order valence-corrected chi connectivity index (χ1v) is 6.84. The molecule has 8 heteroatoms. The molecular weight excluding hydrogens is 256 g/mol. The molecule has 7 nitrogen and oxygen atoms in total. The summed E-state index contributed by atoms with van der Waals surface area (Å²) in [6.07, 6.45) is 2.52. The molecule has 0 unspecified atom stereocenters. The second kappa shape index (κ2) is 5.50. The van der Waals surface area contributed by atoms with E-state index in [9.17, 15) is 8.42 Å². The van der Waals surface area contributed by atoms with Gasteiger partial charge >= 0.3 is 0 Å². The van der Waals surface area contributed by atoms with Gasteiger partial charge in [-0.2, -0.15) is 0 Å². The average Bonchev–Trinajstić information content (AvgIpc) is 2.82. The van der Waals surface area contributed by atoms with Crippen LogP contribution in [0.4, 0.5) is 0 Å². The molecule has 0 fully saturated rings. The highest BCUT2D eigenvalue weighted by Crippen LogP contribution is 2.07. The van der Waals surface area contributed by atoms with Crippen molar-refractivity contribution in [1.82, 2.24) is 14.9 Å². The molecule has 0 bridgehead atoms. The van der Waals surface area contributed by atoms with Gasteiger partial charge in [0.25, 0.3) is 0 Å². The van der Waals surface area contributed by atoms with E-state index in [0.29, 0.717) is 5.75 Å². The van der Waals surface area contributed by atoms with E-state index in [0.717, 1.165) is 4.68 Å². The van der Waals surface area contributed by atoms with Crippen LogP contribution in [0.5, 0.6) is 5.75 Å². The Morgan fingerprint density at radius 3 is 2.50 bits per heavy atom. The van der Waals surface area contributed by atoms with Crippen molar-refractivity contribution in [3.63, 3.8) is 0 Å². The Bertz CT molecular complexity index is 568. The van der Waals surface area contributed by atoms with Crippen LogP contribution in [0, 0.1) is 0 Å². The maximum absolute atomic E-state index is 11.6. The van der Waals surface area contributed by atoms with Crippen LogP contribution in [-0.4, -0.2) is 35.7 Å². The van der Waals surface area contributed by atoms with E-state index >= 15 is 0 Å². The van der Waals surface area contributed by atoms with E-state index in [1.165, 1.54) is 12.7 Å². The highest BCUT2D eigenvalue weighted by Gasteiger charge is 2.10. The summed E-state index contributed by atoms with van der Waals surface area (Å²) in [5.41, 5.74) is 0. The molecule has 0 aliphatic heterocycles. The normalized spacial score (nSPS) is 11.1. The van der Waals surface area contributed by atoms with Crippen LogP contribution in [0.1, 0.15) is 0 Å². The Hall–Kier alpha value is -2.09. The van der Waals surface area contributed by atoms with Crippen molar-refractivity contribution in [2.45, 2.75) is 0 Å². The maximum Gasteiger partial charge on any atom is 0.249 e. The summed E-state index contributed by atoms with van der Waals surface area (Å²) in [5.74, 6) is 0.483. The van der Waals surface area contributed by atoms with Crippen molar-refractivity contribution in [2.24, 2.45) is 0 Å². The molecule has 1 aromatic heterocycles. The molecule has 1 heterocycles. The first-order valence-electron chi connectivity index (χ1n) is 5.19. The van der Waals surface area contributed by atoms with Gasteiger partial charge in [-0.3, -0.25) is 0 Å². The minimum Gasteiger partial charge on any atom is -0.492 e. The third-order valence-electron chi connectivity index (χ3n) is 2.03. The minimum atomic E-state index is -3.47. The van der Waals surface area contributed by atoms with Gasteiger partial charge in [-0.15, -0.1) is 10.2 Å². The van der Waals surface area contributed by atoms with Crippen molar-refractivity contribution in [1.29, 1.82) is 0 Å². The second-order valence-corrected chi connectivity index (χ2v) is 5.26. The molecular formula is C10H12N4O3S. The van der Waals surface area contributed by atoms with E-state index in [2.05, 4.69) is 15.0 Å². The molecule has 18 heavy (non-hydrogen) atoms. The van der Waals surface area contributed by atoms with Gasteiger partial charge in [0.2, 0.25) is 10.0 Å². The maximum atomic E-state index is 11.6. The summed E-state index contributed by atoms with van der Waals surface area (Å²) in [5, 5.41) is 6.98. The Kier molecular flexibility index (Phi) is 3.78. The summed E-state index contributed by atoms with van der Waals surface area (Å²) in [6.45, 7) is 0.0709. The lowest BCUT2D eigenvalue weighted by molar-refractivity contribution is 0.341. The summed E-state index contributed by atoms with van der Waals surface area (Å²) < 4.78 is 29.7. The Balaban J connectivity index is 1.82. The number of aromatic nitrogens is 3. The number of rotatable bonds is 6. The third kappa shape index (κ3) is 3.74. The van der Waals surface area contributed by atoms with Gasteiger partial charge in [0.05, 0.1) is 0 Å². The lowest BCUT2D eigenvalue weighted by Crippen LogP contribution is -2.27. The SMILES string of the molecule is O=S(=O)(CCOc1ccccc1)Nn1cnnc1. The van der Waals surface area contributed by atoms with Gasteiger partial charge in [-0.1, -0.05) is 18.2 Å². The van der Waals surface area contributed by atoms with Gasteiger partial charge in [-0.25, -0.2) is 17.9 Å². The van der Waals surface area contributed by atoms with Crippen molar-refractivity contribution >= 4 is 10.0 Å². The number of sulfonamides is 1. The van der Waals surface area contributed by atoms with E-state index in [-0.39, 0.29) is 12.4 Å². The Morgan fingerprint density at radius 2 is 1.83 bits per heavy atom. The van der Waals surface area contributed by atoms with Crippen LogP contribution in [-0.2, 0) is 10.0 Å². The van der Waals surface area contributed by atoms with Gasteiger partial charge in [0, 0.05) is 0 Å². The molecule has 0 spiro atoms. The average molecular weight is 268 g/mol. The number of ether oxygens (including phenoxy) is 1. The molecule has 2 aromatic rings. The van der Waals surface area contributed by atoms with E-state index < -0.39 is 10.0 Å². The lowest BCUT2D eigenvalue weighted by atomic mass is 10.3. The number of nitrogens with zero attached hydrogens (tertiary/aromatic N) is 3. The standard InChI is InChI=1S/C10H12N4O3S/c15-18(16,13-14-8-11-12-9-14)7-6-17-10-4-2-1-3-5-10/h1-5,8-9,13H,6-7H2. The van der Waals surface area contributed by atoms with Crippen LogP contribution >= 0.6 is 0 Å². The van der Waals surface area contributed by atoms with Crippen LogP contribution in [0.3, 0.4) is 0 Å². The van der Waals surface area contributed by atoms with Gasteiger partial charge in [0.1, 0.15) is 30.8 Å². The molecule has 1 aromatic carbocycles. The summed E-state index contributed by atoms with van der Waals surface area (Å²) >= 11 is 0. The van der Waals surface area contributed by atoms with Crippen LogP contribution < -0.4 is 9.57 Å². The Morgan fingerprint density at radius 1 is 1.17 bits per heavy atom. The number of hydrogen-bond acceptors (Lipinski definition) is 5. The molecule has 0 atom stereocenters. The predicted molar refractivity (Wildman–Crippen MR) is 65.1 cm³/mol. The smallest absolute Gasteiger partial charge is 0.249 e. The summed E-state index contributed by atoms with van der Waals surface area (Å²) in [7, 11) is -3.47. The van der Waals surface area contributed by atoms with Gasteiger partial charge in [-0.05, 0) is 12.1 Å². The number of nitrogens with one attached hydrogen (secondary N) is 1. The Labute approximate surface area is 104 Å². The zero-order valence-corrected chi connectivity index (χ0v) is 10.2. The largest absolute Gasteiger partial charge is 0.492 e. The monoisotopic (exact) mass is 268 g/mol. The highest BCUT2D eigenvalue weighted by molar-refractivity contribution is 7.92. The van der Waals surface area contributed by atoms with E-state index in [4.69, 9.17) is 4.74 Å². The van der Waals surface area contributed by atoms with Crippen molar-refractivity contribution in [2.75, 3.05) is 17.2 Å². The fourth-order valence-corrected chi connectivity index (χ4v) is 2.05. The molecule has 0 radical (unpaired) electrons. The van der Waals surface area contributed by atoms with Crippen molar-refractivity contribution in [3.8, 4) is 5.75 Å². The number of hydrogen-bond donors (Lipinski definition) is 1. The van der Waals surface area contributed by atoms with Gasteiger partial charge < -0.3 is 4.74 Å².